The first-order valence-electron chi connectivity index (χ1n) is 6.45. The van der Waals surface area contributed by atoms with Crippen LogP contribution in [0, 0.1) is 0 Å². The average molecular weight is 317 g/mol. The number of H-pyrrole nitrogens is 1. The van der Waals surface area contributed by atoms with E-state index in [1.165, 1.54) is 0 Å². The highest BCUT2D eigenvalue weighted by Crippen LogP contribution is 2.37. The quantitative estimate of drug-likeness (QED) is 0.755. The van der Waals surface area contributed by atoms with Crippen LogP contribution in [0.1, 0.15) is 10.5 Å². The van der Waals surface area contributed by atoms with Gasteiger partial charge in [-0.05, 0) is 30.3 Å². The van der Waals surface area contributed by atoms with Crippen LogP contribution in [0.25, 0.3) is 10.9 Å². The van der Waals surface area contributed by atoms with Crippen molar-refractivity contribution in [3.63, 3.8) is 0 Å². The van der Waals surface area contributed by atoms with Gasteiger partial charge in [-0.15, -0.1) is 0 Å². The summed E-state index contributed by atoms with van der Waals surface area (Å²) in [4.78, 5) is 17.2. The lowest BCUT2D eigenvalue weighted by atomic mass is 10.2. The van der Waals surface area contributed by atoms with E-state index in [0.717, 1.165) is 20.7 Å². The molecule has 0 aliphatic rings. The fraction of sp³-hybridized carbons (Fsp3) is 0.0625. The number of aromatic nitrogens is 1. The molecule has 106 valence electrons. The monoisotopic (exact) mass is 316 g/mol. The fourth-order valence-corrected chi connectivity index (χ4v) is 3.36. The van der Waals surface area contributed by atoms with E-state index < -0.39 is 0 Å². The molecule has 0 saturated carbocycles. The number of amides is 1. The lowest BCUT2D eigenvalue weighted by molar-refractivity contribution is 0.0956. The molecule has 1 heterocycles. The summed E-state index contributed by atoms with van der Waals surface area (Å²) in [6.45, 7) is 0. The first kappa shape index (κ1) is 14.0. The van der Waals surface area contributed by atoms with E-state index in [-0.39, 0.29) is 5.91 Å². The molecule has 2 aromatic carbocycles. The molecule has 3 aromatic rings. The Kier molecular flexibility index (Phi) is 3.90. The highest BCUT2D eigenvalue weighted by molar-refractivity contribution is 7.99. The number of rotatable bonds is 3. The standard InChI is InChI=1S/C16H13ClN2OS/c1-18-16(20)14-15(21-11-5-3-2-4-6-11)12-9-10(17)7-8-13(12)19-14/h2-9,19H,1H3,(H,18,20). The molecule has 5 heteroatoms. The van der Waals surface area contributed by atoms with Crippen molar-refractivity contribution >= 4 is 40.2 Å². The van der Waals surface area contributed by atoms with E-state index in [9.17, 15) is 4.79 Å². The number of carbonyl (C=O) groups excluding carboxylic acids is 1. The molecule has 0 aliphatic carbocycles. The molecule has 1 amide bonds. The average Bonchev–Trinajstić information content (AvgIpc) is 2.86. The van der Waals surface area contributed by atoms with Gasteiger partial charge < -0.3 is 10.3 Å². The van der Waals surface area contributed by atoms with Crippen LogP contribution < -0.4 is 5.32 Å². The minimum Gasteiger partial charge on any atom is -0.354 e. The first-order valence-corrected chi connectivity index (χ1v) is 7.64. The van der Waals surface area contributed by atoms with Gasteiger partial charge in [0.05, 0.1) is 4.90 Å². The number of fused-ring (bicyclic) bond motifs is 1. The second-order valence-electron chi connectivity index (χ2n) is 4.51. The molecule has 0 unspecified atom stereocenters. The molecule has 1 aromatic heterocycles. The molecule has 3 nitrogen and oxygen atoms in total. The van der Waals surface area contributed by atoms with Gasteiger partial charge in [0, 0.05) is 27.9 Å². The Morgan fingerprint density at radius 1 is 1.19 bits per heavy atom. The van der Waals surface area contributed by atoms with Crippen molar-refractivity contribution in [2.24, 2.45) is 0 Å². The van der Waals surface area contributed by atoms with Gasteiger partial charge in [0.25, 0.3) is 5.91 Å². The SMILES string of the molecule is CNC(=O)c1[nH]c2ccc(Cl)cc2c1Sc1ccccc1. The van der Waals surface area contributed by atoms with Gasteiger partial charge >= 0.3 is 0 Å². The zero-order chi connectivity index (χ0) is 14.8. The summed E-state index contributed by atoms with van der Waals surface area (Å²) >= 11 is 7.64. The van der Waals surface area contributed by atoms with Crippen molar-refractivity contribution in [2.45, 2.75) is 9.79 Å². The smallest absolute Gasteiger partial charge is 0.268 e. The molecule has 2 N–H and O–H groups in total. The van der Waals surface area contributed by atoms with Gasteiger partial charge in [-0.2, -0.15) is 0 Å². The van der Waals surface area contributed by atoms with E-state index >= 15 is 0 Å². The van der Waals surface area contributed by atoms with Crippen LogP contribution in [-0.4, -0.2) is 17.9 Å². The van der Waals surface area contributed by atoms with Gasteiger partial charge in [-0.3, -0.25) is 4.79 Å². The molecule has 0 aliphatic heterocycles. The Labute approximate surface area is 131 Å². The molecular weight excluding hydrogens is 304 g/mol. The second-order valence-corrected chi connectivity index (χ2v) is 6.03. The van der Waals surface area contributed by atoms with Crippen LogP contribution in [0.4, 0.5) is 0 Å². The van der Waals surface area contributed by atoms with E-state index in [1.807, 2.05) is 48.5 Å². The summed E-state index contributed by atoms with van der Waals surface area (Å²) in [7, 11) is 1.62. The largest absolute Gasteiger partial charge is 0.354 e. The Morgan fingerprint density at radius 3 is 2.67 bits per heavy atom. The predicted octanol–water partition coefficient (Wildman–Crippen LogP) is 4.33. The molecule has 3 rings (SSSR count). The zero-order valence-electron chi connectivity index (χ0n) is 11.3. The molecule has 21 heavy (non-hydrogen) atoms. The number of hydrogen-bond donors (Lipinski definition) is 2. The topological polar surface area (TPSA) is 44.9 Å². The maximum absolute atomic E-state index is 12.1. The molecule has 0 radical (unpaired) electrons. The fourth-order valence-electron chi connectivity index (χ4n) is 2.14. The van der Waals surface area contributed by atoms with Crippen molar-refractivity contribution in [3.05, 3.63) is 59.2 Å². The first-order chi connectivity index (χ1) is 10.2. The summed E-state index contributed by atoms with van der Waals surface area (Å²) in [5.41, 5.74) is 1.46. The maximum Gasteiger partial charge on any atom is 0.268 e. The van der Waals surface area contributed by atoms with Crippen LogP contribution in [0.2, 0.25) is 5.02 Å². The van der Waals surface area contributed by atoms with Crippen LogP contribution in [-0.2, 0) is 0 Å². The lowest BCUT2D eigenvalue weighted by Gasteiger charge is -2.04. The Hall–Kier alpha value is -1.91. The van der Waals surface area contributed by atoms with Crippen molar-refractivity contribution in [1.29, 1.82) is 0 Å². The minimum absolute atomic E-state index is 0.138. The summed E-state index contributed by atoms with van der Waals surface area (Å²) in [6.07, 6.45) is 0. The molecule has 0 fully saturated rings. The van der Waals surface area contributed by atoms with Gasteiger partial charge in [0.2, 0.25) is 0 Å². The second kappa shape index (κ2) is 5.84. The van der Waals surface area contributed by atoms with E-state index in [4.69, 9.17) is 11.6 Å². The van der Waals surface area contributed by atoms with Crippen LogP contribution >= 0.6 is 23.4 Å². The van der Waals surface area contributed by atoms with E-state index in [1.54, 1.807) is 18.8 Å². The van der Waals surface area contributed by atoms with Crippen molar-refractivity contribution in [2.75, 3.05) is 7.05 Å². The third-order valence-electron chi connectivity index (χ3n) is 3.13. The van der Waals surface area contributed by atoms with Crippen LogP contribution in [0.5, 0.6) is 0 Å². The maximum atomic E-state index is 12.1. The number of carbonyl (C=O) groups is 1. The molecule has 0 saturated heterocycles. The number of benzene rings is 2. The molecule has 0 atom stereocenters. The number of hydrogen-bond acceptors (Lipinski definition) is 2. The molecule has 0 spiro atoms. The third kappa shape index (κ3) is 2.77. The Bertz CT molecular complexity index is 799. The summed E-state index contributed by atoms with van der Waals surface area (Å²) in [6, 6.07) is 15.5. The van der Waals surface area contributed by atoms with Crippen molar-refractivity contribution < 1.29 is 4.79 Å². The minimum atomic E-state index is -0.138. The van der Waals surface area contributed by atoms with E-state index in [2.05, 4.69) is 10.3 Å². The highest BCUT2D eigenvalue weighted by atomic mass is 35.5. The highest BCUT2D eigenvalue weighted by Gasteiger charge is 2.18. The van der Waals surface area contributed by atoms with Crippen molar-refractivity contribution in [3.8, 4) is 0 Å². The molecule has 0 bridgehead atoms. The van der Waals surface area contributed by atoms with Gasteiger partial charge in [-0.1, -0.05) is 41.6 Å². The van der Waals surface area contributed by atoms with Gasteiger partial charge in [0.1, 0.15) is 5.69 Å². The number of halogens is 1. The summed E-state index contributed by atoms with van der Waals surface area (Å²) in [5.74, 6) is -0.138. The van der Waals surface area contributed by atoms with Gasteiger partial charge in [0.15, 0.2) is 0 Å². The van der Waals surface area contributed by atoms with Crippen LogP contribution in [0.15, 0.2) is 58.3 Å². The van der Waals surface area contributed by atoms with Crippen LogP contribution in [0.3, 0.4) is 0 Å². The van der Waals surface area contributed by atoms with E-state index in [0.29, 0.717) is 10.7 Å². The third-order valence-corrected chi connectivity index (χ3v) is 4.50. The summed E-state index contributed by atoms with van der Waals surface area (Å²) in [5, 5.41) is 4.27. The number of aromatic amines is 1. The van der Waals surface area contributed by atoms with Crippen molar-refractivity contribution in [1.82, 2.24) is 10.3 Å². The summed E-state index contributed by atoms with van der Waals surface area (Å²) < 4.78 is 0. The Morgan fingerprint density at radius 2 is 1.95 bits per heavy atom. The Balaban J connectivity index is 2.17. The van der Waals surface area contributed by atoms with Gasteiger partial charge in [-0.25, -0.2) is 0 Å². The lowest BCUT2D eigenvalue weighted by Crippen LogP contribution is -2.18. The predicted molar refractivity (Wildman–Crippen MR) is 87.3 cm³/mol. The zero-order valence-corrected chi connectivity index (χ0v) is 12.9. The normalized spacial score (nSPS) is 10.8. The number of nitrogens with one attached hydrogen (secondary N) is 2. The molecular formula is C16H13ClN2OS.